The lowest BCUT2D eigenvalue weighted by Crippen LogP contribution is -2.47. The summed E-state index contributed by atoms with van der Waals surface area (Å²) in [7, 11) is 0. The zero-order valence-electron chi connectivity index (χ0n) is 21.3. The maximum Gasteiger partial charge on any atom is 0.414 e. The molecular formula is C25H38N4O7. The van der Waals surface area contributed by atoms with Crippen LogP contribution in [0.25, 0.3) is 0 Å². The van der Waals surface area contributed by atoms with Crippen LogP contribution in [0.3, 0.4) is 0 Å². The average molecular weight is 507 g/mol. The van der Waals surface area contributed by atoms with E-state index >= 15 is 0 Å². The van der Waals surface area contributed by atoms with E-state index < -0.39 is 11.9 Å². The molecule has 0 radical (unpaired) electrons. The molecule has 0 unspecified atom stereocenters. The number of aliphatic carboxylic acids is 2. The number of hydrogen-bond donors (Lipinski definition) is 4. The molecule has 0 saturated heterocycles. The molecule has 0 bridgehead atoms. The van der Waals surface area contributed by atoms with E-state index in [1.807, 2.05) is 0 Å². The van der Waals surface area contributed by atoms with Crippen molar-refractivity contribution in [3.63, 3.8) is 0 Å². The van der Waals surface area contributed by atoms with Gasteiger partial charge in [-0.25, -0.2) is 9.59 Å². The second kappa shape index (κ2) is 16.2. The molecule has 1 aromatic carbocycles. The van der Waals surface area contributed by atoms with E-state index in [9.17, 15) is 14.4 Å². The summed E-state index contributed by atoms with van der Waals surface area (Å²) in [5.74, 6) is -4.07. The van der Waals surface area contributed by atoms with Crippen molar-refractivity contribution in [1.29, 1.82) is 0 Å². The minimum absolute atomic E-state index is 0.0596. The summed E-state index contributed by atoms with van der Waals surface area (Å²) in [6.07, 6.45) is 5.56. The summed E-state index contributed by atoms with van der Waals surface area (Å²) < 4.78 is 0. The first-order valence-corrected chi connectivity index (χ1v) is 12.2. The lowest BCUT2D eigenvalue weighted by molar-refractivity contribution is -0.159. The number of rotatable bonds is 10. The van der Waals surface area contributed by atoms with Gasteiger partial charge in [0.05, 0.1) is 6.54 Å². The van der Waals surface area contributed by atoms with Gasteiger partial charge in [0.2, 0.25) is 11.8 Å². The van der Waals surface area contributed by atoms with E-state index in [1.54, 1.807) is 29.2 Å². The monoisotopic (exact) mass is 506 g/mol. The minimum atomic E-state index is -1.82. The Hall–Kier alpha value is -3.47. The van der Waals surface area contributed by atoms with Gasteiger partial charge in [0.15, 0.2) is 0 Å². The SMILES string of the molecule is CCN(CC)CCN(CC(=O)NC1CCCCC1)C(=O)c1ccc(NC(C)=O)cc1.O=C(O)C(=O)O. The third-order valence-corrected chi connectivity index (χ3v) is 5.81. The highest BCUT2D eigenvalue weighted by Crippen LogP contribution is 2.17. The second-order valence-electron chi connectivity index (χ2n) is 8.52. The largest absolute Gasteiger partial charge is 0.473 e. The molecule has 1 fully saturated rings. The quantitative estimate of drug-likeness (QED) is 0.351. The first kappa shape index (κ1) is 30.6. The summed E-state index contributed by atoms with van der Waals surface area (Å²) in [5.41, 5.74) is 1.15. The fourth-order valence-corrected chi connectivity index (χ4v) is 3.83. The Morgan fingerprint density at radius 1 is 0.889 bits per heavy atom. The van der Waals surface area contributed by atoms with Crippen LogP contribution in [0.4, 0.5) is 5.69 Å². The topological polar surface area (TPSA) is 156 Å². The molecule has 0 heterocycles. The molecule has 0 aliphatic heterocycles. The van der Waals surface area contributed by atoms with Crippen molar-refractivity contribution in [2.45, 2.75) is 58.9 Å². The van der Waals surface area contributed by atoms with E-state index in [0.29, 0.717) is 17.8 Å². The molecule has 200 valence electrons. The van der Waals surface area contributed by atoms with Crippen molar-refractivity contribution in [1.82, 2.24) is 15.1 Å². The Kier molecular flexibility index (Phi) is 13.8. The smallest absolute Gasteiger partial charge is 0.414 e. The molecule has 36 heavy (non-hydrogen) atoms. The highest BCUT2D eigenvalue weighted by atomic mass is 16.4. The number of hydrogen-bond acceptors (Lipinski definition) is 6. The third kappa shape index (κ3) is 11.8. The molecule has 1 saturated carbocycles. The summed E-state index contributed by atoms with van der Waals surface area (Å²) in [5, 5.41) is 20.6. The van der Waals surface area contributed by atoms with Gasteiger partial charge >= 0.3 is 11.9 Å². The van der Waals surface area contributed by atoms with Crippen LogP contribution in [0.2, 0.25) is 0 Å². The predicted octanol–water partition coefficient (Wildman–Crippen LogP) is 2.03. The zero-order valence-corrected chi connectivity index (χ0v) is 21.3. The van der Waals surface area contributed by atoms with Crippen molar-refractivity contribution >= 4 is 35.3 Å². The van der Waals surface area contributed by atoms with Gasteiger partial charge in [-0.1, -0.05) is 33.1 Å². The standard InChI is InChI=1S/C23H36N4O3.C2H2O4/c1-4-26(5-2)15-16-27(17-22(29)25-20-9-7-6-8-10-20)23(30)19-11-13-21(14-12-19)24-18(3)28;3-1(4)2(5)6/h11-14,20H,4-10,15-17H2,1-3H3,(H,24,28)(H,25,29);(H,3,4)(H,5,6). The number of nitrogens with one attached hydrogen (secondary N) is 2. The number of nitrogens with zero attached hydrogens (tertiary/aromatic N) is 2. The Bertz CT molecular complexity index is 867. The van der Waals surface area contributed by atoms with Crippen LogP contribution in [-0.2, 0) is 19.2 Å². The fraction of sp³-hybridized carbons (Fsp3) is 0.560. The summed E-state index contributed by atoms with van der Waals surface area (Å²) in [4.78, 5) is 59.0. The van der Waals surface area contributed by atoms with Gasteiger partial charge in [0, 0.05) is 37.3 Å². The Morgan fingerprint density at radius 3 is 1.92 bits per heavy atom. The molecular weight excluding hydrogens is 468 g/mol. The van der Waals surface area contributed by atoms with Crippen LogP contribution in [0.15, 0.2) is 24.3 Å². The van der Waals surface area contributed by atoms with E-state index in [-0.39, 0.29) is 30.3 Å². The highest BCUT2D eigenvalue weighted by Gasteiger charge is 2.22. The zero-order chi connectivity index (χ0) is 27.1. The van der Waals surface area contributed by atoms with E-state index in [2.05, 4.69) is 29.4 Å². The van der Waals surface area contributed by atoms with E-state index in [0.717, 1.165) is 45.3 Å². The molecule has 1 aliphatic carbocycles. The molecule has 0 aromatic heterocycles. The van der Waals surface area contributed by atoms with Crippen molar-refractivity contribution < 1.29 is 34.2 Å². The van der Waals surface area contributed by atoms with E-state index in [4.69, 9.17) is 19.8 Å². The van der Waals surface area contributed by atoms with Gasteiger partial charge in [-0.15, -0.1) is 0 Å². The molecule has 3 amide bonds. The number of carboxylic acids is 2. The number of benzene rings is 1. The average Bonchev–Trinajstić information content (AvgIpc) is 2.84. The van der Waals surface area contributed by atoms with Gasteiger partial charge < -0.3 is 30.6 Å². The maximum atomic E-state index is 13.1. The first-order chi connectivity index (χ1) is 17.1. The lowest BCUT2D eigenvalue weighted by Gasteiger charge is -2.28. The molecule has 0 atom stereocenters. The Morgan fingerprint density at radius 2 is 1.44 bits per heavy atom. The van der Waals surface area contributed by atoms with Gasteiger partial charge in [0.25, 0.3) is 5.91 Å². The summed E-state index contributed by atoms with van der Waals surface area (Å²) in [6.45, 7) is 8.70. The molecule has 1 aliphatic rings. The van der Waals surface area contributed by atoms with E-state index in [1.165, 1.54) is 13.3 Å². The van der Waals surface area contributed by atoms with Gasteiger partial charge in [-0.05, 0) is 50.2 Å². The van der Waals surface area contributed by atoms with Crippen LogP contribution in [0.5, 0.6) is 0 Å². The normalized spacial score (nSPS) is 13.2. The van der Waals surface area contributed by atoms with Crippen LogP contribution < -0.4 is 10.6 Å². The number of anilines is 1. The number of amides is 3. The van der Waals surface area contributed by atoms with Crippen LogP contribution in [-0.4, -0.2) is 88.4 Å². The van der Waals surface area contributed by atoms with Crippen molar-refractivity contribution in [3.05, 3.63) is 29.8 Å². The molecule has 0 spiro atoms. The number of likely N-dealkylation sites (N-methyl/N-ethyl adjacent to an activating group) is 1. The molecule has 1 aromatic rings. The van der Waals surface area contributed by atoms with Gasteiger partial charge in [-0.2, -0.15) is 0 Å². The fourth-order valence-electron chi connectivity index (χ4n) is 3.83. The van der Waals surface area contributed by atoms with Crippen LogP contribution >= 0.6 is 0 Å². The first-order valence-electron chi connectivity index (χ1n) is 12.2. The van der Waals surface area contributed by atoms with Crippen molar-refractivity contribution in [3.8, 4) is 0 Å². The highest BCUT2D eigenvalue weighted by molar-refractivity contribution is 6.27. The minimum Gasteiger partial charge on any atom is -0.473 e. The van der Waals surface area contributed by atoms with Crippen molar-refractivity contribution in [2.24, 2.45) is 0 Å². The number of carboxylic acid groups (broad SMARTS) is 2. The summed E-state index contributed by atoms with van der Waals surface area (Å²) in [6, 6.07) is 7.02. The lowest BCUT2D eigenvalue weighted by atomic mass is 9.95. The molecule has 4 N–H and O–H groups in total. The van der Waals surface area contributed by atoms with Gasteiger partial charge in [0.1, 0.15) is 0 Å². The predicted molar refractivity (Wildman–Crippen MR) is 135 cm³/mol. The Balaban J connectivity index is 0.000000960. The molecule has 11 heteroatoms. The molecule has 11 nitrogen and oxygen atoms in total. The molecule has 2 rings (SSSR count). The van der Waals surface area contributed by atoms with Crippen LogP contribution in [0.1, 0.15) is 63.2 Å². The van der Waals surface area contributed by atoms with Crippen molar-refractivity contribution in [2.75, 3.05) is 38.0 Å². The number of carbonyl (C=O) groups is 5. The van der Waals surface area contributed by atoms with Gasteiger partial charge in [-0.3, -0.25) is 14.4 Å². The maximum absolute atomic E-state index is 13.1. The van der Waals surface area contributed by atoms with Crippen LogP contribution in [0, 0.1) is 0 Å². The Labute approximate surface area is 211 Å². The summed E-state index contributed by atoms with van der Waals surface area (Å²) >= 11 is 0. The third-order valence-electron chi connectivity index (χ3n) is 5.81. The number of carbonyl (C=O) groups excluding carboxylic acids is 3. The second-order valence-corrected chi connectivity index (χ2v) is 8.52.